The molecule has 648 valence electrons. The van der Waals surface area contributed by atoms with Crippen molar-refractivity contribution in [2.45, 2.75) is 165 Å². The number of aliphatic imine (C=N–C) groups is 1. The van der Waals surface area contributed by atoms with Gasteiger partial charge in [-0.15, -0.1) is 0 Å². The van der Waals surface area contributed by atoms with Gasteiger partial charge in [0, 0.05) is 162 Å². The molecule has 5 N–H and O–H groups in total. The third-order valence-electron chi connectivity index (χ3n) is 20.0. The van der Waals surface area contributed by atoms with Crippen molar-refractivity contribution < 1.29 is 79.4 Å². The number of nitro groups is 2. The second-order valence-electron chi connectivity index (χ2n) is 29.6. The Morgan fingerprint density at radius 2 is 0.958 bits per heavy atom. The molecule has 120 heavy (non-hydrogen) atoms. The number of likely N-dealkylation sites (tertiary alicyclic amines) is 3. The Kier molecular flexibility index (Phi) is 40.4. The number of aliphatic hydroxyl groups excluding tert-OH is 1. The van der Waals surface area contributed by atoms with Gasteiger partial charge in [-0.25, -0.2) is 19.7 Å². The van der Waals surface area contributed by atoms with Gasteiger partial charge in [0.25, 0.3) is 28.1 Å². The minimum atomic E-state index is -1.00. The number of aryl methyl sites for hydroxylation is 2. The van der Waals surface area contributed by atoms with Crippen molar-refractivity contribution >= 4 is 97.7 Å². The van der Waals surface area contributed by atoms with Crippen LogP contribution in [0.5, 0.6) is 0 Å². The molecule has 33 heteroatoms. The van der Waals surface area contributed by atoms with Crippen LogP contribution in [0.3, 0.4) is 0 Å². The van der Waals surface area contributed by atoms with E-state index in [4.69, 9.17) is 16.9 Å². The molecule has 31 nitrogen and oxygen atoms in total. The standard InChI is InChI=1S/C25H29N5O4.C22H30N4O4.C17H22N4O2.C11H9NO2.C8H7NO3.CH3F.CH4O.CH4.CH3.Pd/c1-17-3-4-19(13-23(17)30(33)34)15-26-21-7-9-28(10-8-21)11-12-29-24-14-20(18(2)31)5-6-22(24)27-16-25(29)32;1-15(27)16-5-6-18-19(13-16)26(20(28)14-23-18)12-11-25-9-7-17(8-10-25)24-21(29)30-22(2,3)4;1-12(22)13-2-3-15-16(10-13)21(17(23)11-19-15)9-8-20-6-4-14(18)5-7-20;1-7(13)8-2-3-11-9(4-8)5-10(14)6-12-11;1-6-2-3-7(5-10)4-8(6)9(11)12;2*1-2;;;/h3-6,13-14,16,21,26H,7-12,15H2,1-2H3;5-6,13-14,17H,7-12H2,1-4H3,(H,24,29);2-3,10-11,14H,4-9,18H2,1H3;2-4,6H,5H2,1H3;2-5H,1H3;1H3;2H,1H3;1H4;1H3;/q;;;;;;;;-1;/i;;;;;1D;;;;. The predicted octanol–water partition coefficient (Wildman–Crippen LogP) is 11.4. The summed E-state index contributed by atoms with van der Waals surface area (Å²) < 4.78 is 25.9. The number of ether oxygens (including phenoxy) is 1. The zero-order chi connectivity index (χ0) is 86.5. The molecule has 0 aliphatic carbocycles. The molecule has 3 fully saturated rings. The molecule has 0 radical (unpaired) electrons. The number of alkyl halides is 1. The largest absolute Gasteiger partial charge is 0.444 e. The van der Waals surface area contributed by atoms with Gasteiger partial charge in [-0.05, 0) is 211 Å². The molecule has 4 aliphatic rings. The van der Waals surface area contributed by atoms with E-state index < -0.39 is 17.7 Å². The van der Waals surface area contributed by atoms with E-state index in [1.165, 1.54) is 58.6 Å². The summed E-state index contributed by atoms with van der Waals surface area (Å²) in [5.74, 6) is -0.105. The Morgan fingerprint density at radius 3 is 1.35 bits per heavy atom. The molecule has 13 rings (SSSR count). The third kappa shape index (κ3) is 30.0. The third-order valence-corrected chi connectivity index (χ3v) is 20.0. The molecule has 3 saturated heterocycles. The summed E-state index contributed by atoms with van der Waals surface area (Å²) in [5.41, 5.74) is 15.7. The average Bonchev–Trinajstić information content (AvgIpc) is 0.651. The van der Waals surface area contributed by atoms with Crippen LogP contribution >= 0.6 is 0 Å². The van der Waals surface area contributed by atoms with Crippen LogP contribution in [0.1, 0.15) is 170 Å². The van der Waals surface area contributed by atoms with Gasteiger partial charge in [0.1, 0.15) is 11.9 Å². The maximum Gasteiger partial charge on any atom is 0.407 e. The molecule has 0 spiro atoms. The normalized spacial score (nSPS) is 14.2. The number of amides is 1. The Bertz CT molecular complexity index is 5300. The Labute approximate surface area is 712 Å². The summed E-state index contributed by atoms with van der Waals surface area (Å²) >= 11 is 0. The first-order valence-corrected chi connectivity index (χ1v) is 38.3. The number of halogens is 1. The van der Waals surface area contributed by atoms with Crippen LogP contribution in [0.4, 0.5) is 26.2 Å². The van der Waals surface area contributed by atoms with Gasteiger partial charge < -0.3 is 62.0 Å². The summed E-state index contributed by atoms with van der Waals surface area (Å²) in [6.45, 7) is 24.9. The number of carbonyl (C=O) groups excluding carboxylic acids is 7. The number of benzene rings is 6. The van der Waals surface area contributed by atoms with Crippen LogP contribution in [0.15, 0.2) is 147 Å². The molecule has 1 amide bonds. The first-order valence-electron chi connectivity index (χ1n) is 39.0. The second kappa shape index (κ2) is 48.8. The minimum Gasteiger partial charge on any atom is -0.444 e. The number of nitrogens with zero attached hydrogens (tertiary/aromatic N) is 12. The van der Waals surface area contributed by atoms with Crippen molar-refractivity contribution in [3.05, 3.63) is 237 Å². The van der Waals surface area contributed by atoms with Crippen molar-refractivity contribution in [1.29, 1.82) is 0 Å². The molecular formula is C87H111FN15O16Pd-. The van der Waals surface area contributed by atoms with Gasteiger partial charge in [0.05, 0.1) is 82.0 Å². The summed E-state index contributed by atoms with van der Waals surface area (Å²) in [5, 5.41) is 35.0. The van der Waals surface area contributed by atoms with E-state index >= 15 is 0 Å². The van der Waals surface area contributed by atoms with Crippen LogP contribution in [0.25, 0.3) is 33.1 Å². The number of nitrogens with two attached hydrogens (primary N) is 1. The van der Waals surface area contributed by atoms with Gasteiger partial charge in [-0.2, -0.15) is 0 Å². The van der Waals surface area contributed by atoms with Crippen LogP contribution < -0.4 is 33.0 Å². The number of rotatable bonds is 20. The summed E-state index contributed by atoms with van der Waals surface area (Å²) in [6, 6.07) is 31.5. The SMILES string of the molecule is C.CC(=O)c1ccc2c(c1)CC(=O)C=N2.CC(=O)c1ccc2ncc(=O)n(CCN3CCC(N)CC3)c2c1.CC(=O)c1ccc2ncc(=O)n(CCN3CCC(NC(=O)OC(C)(C)C)CC3)c2c1.CC(=O)c1ccc2ncc(=O)n(CCN3CCC(NCc4ccc(C)c([N+](=O)[O-])c4)CC3)c2c1.CO.Cc1ccc(C=O)cc1[N+](=O)[O-].[2H]CF.[CH3-].[Pd]. The molecule has 0 unspecified atom stereocenters. The van der Waals surface area contributed by atoms with E-state index in [1.807, 2.05) is 26.8 Å². The number of Topliss-reactive ketones (excluding diaryl/α,β-unsaturated/α-hetero) is 5. The van der Waals surface area contributed by atoms with E-state index in [-0.39, 0.29) is 109 Å². The number of nitro benzene ring substituents is 2. The van der Waals surface area contributed by atoms with E-state index in [9.17, 15) is 72.6 Å². The number of alkyl carbamates (subject to hydrolysis) is 1. The van der Waals surface area contributed by atoms with Crippen LogP contribution in [-0.2, 0) is 62.6 Å². The topological polar surface area (TPSA) is 412 Å². The maximum atomic E-state index is 12.5. The van der Waals surface area contributed by atoms with E-state index in [2.05, 4.69) is 45.3 Å². The molecule has 0 atom stereocenters. The van der Waals surface area contributed by atoms with Crippen molar-refractivity contribution in [2.24, 2.45) is 10.7 Å². The smallest absolute Gasteiger partial charge is 0.407 e. The van der Waals surface area contributed by atoms with Gasteiger partial charge >= 0.3 is 6.09 Å². The fraction of sp³-hybridized carbons (Fsp3) is 0.414. The molecule has 4 aliphatic heterocycles. The van der Waals surface area contributed by atoms with Gasteiger partial charge in [-0.3, -0.25) is 72.8 Å². The zero-order valence-corrected chi connectivity index (χ0v) is 70.6. The van der Waals surface area contributed by atoms with Crippen molar-refractivity contribution in [3.8, 4) is 0 Å². The van der Waals surface area contributed by atoms with E-state index in [1.54, 1.807) is 125 Å². The average molecular weight is 1750 g/mol. The summed E-state index contributed by atoms with van der Waals surface area (Å²) in [7, 11) is 0. The molecule has 0 saturated carbocycles. The molecule has 0 bridgehead atoms. The fourth-order valence-corrected chi connectivity index (χ4v) is 13.4. The second-order valence-corrected chi connectivity index (χ2v) is 29.6. The number of fused-ring (bicyclic) bond motifs is 4. The first kappa shape index (κ1) is 99.4. The Morgan fingerprint density at radius 1 is 0.583 bits per heavy atom. The summed E-state index contributed by atoms with van der Waals surface area (Å²) in [4.78, 5) is 161. The molecule has 3 aromatic heterocycles. The van der Waals surface area contributed by atoms with Crippen molar-refractivity contribution in [2.75, 3.05) is 73.2 Å². The number of piperidine rings is 3. The zero-order valence-electron chi connectivity index (χ0n) is 70.1. The van der Waals surface area contributed by atoms with Crippen LogP contribution in [-0.4, -0.2) is 203 Å². The van der Waals surface area contributed by atoms with Crippen LogP contribution in [0.2, 0.25) is 0 Å². The Balaban J connectivity index is 0.000000324. The molecule has 7 heterocycles. The number of ketones is 5. The quantitative estimate of drug-likeness (QED) is 0.0137. The van der Waals surface area contributed by atoms with Crippen molar-refractivity contribution in [1.82, 2.24) is 54.0 Å². The van der Waals surface area contributed by atoms with Crippen molar-refractivity contribution in [3.63, 3.8) is 0 Å². The molecule has 6 aromatic carbocycles. The Hall–Kier alpha value is -11.1. The molecular weight excluding hydrogens is 1640 g/mol. The van der Waals surface area contributed by atoms with Gasteiger partial charge in [-0.1, -0.05) is 31.7 Å². The number of aliphatic hydroxyl groups is 1. The predicted molar refractivity (Wildman–Crippen MR) is 459 cm³/mol. The van der Waals surface area contributed by atoms with Gasteiger partial charge in [0.15, 0.2) is 28.9 Å². The first-order chi connectivity index (χ1) is 56.2. The fourth-order valence-electron chi connectivity index (χ4n) is 13.4. The van der Waals surface area contributed by atoms with Crippen LogP contribution in [0, 0.1) is 41.5 Å². The maximum absolute atomic E-state index is 12.5. The van der Waals surface area contributed by atoms with E-state index in [0.717, 1.165) is 126 Å². The minimum absolute atomic E-state index is 0. The summed E-state index contributed by atoms with van der Waals surface area (Å²) in [6.07, 6.45) is 11.5. The number of hydrogen-bond donors (Lipinski definition) is 4. The number of carbonyl (C=O) groups is 7. The number of nitrogens with one attached hydrogen (secondary N) is 2. The molecule has 9 aromatic rings. The van der Waals surface area contributed by atoms with Gasteiger partial charge in [0.2, 0.25) is 0 Å². The van der Waals surface area contributed by atoms with E-state index in [0.29, 0.717) is 119 Å². The number of aldehydes is 1. The number of aromatic nitrogens is 6. The monoisotopic (exact) mass is 1750 g/mol. The number of hydrogen-bond acceptors (Lipinski definition) is 25.